The van der Waals surface area contributed by atoms with Crippen LogP contribution in [-0.2, 0) is 0 Å². The van der Waals surface area contributed by atoms with E-state index in [1.165, 1.54) is 7.11 Å². The molecule has 0 heterocycles. The molecule has 5 heteroatoms. The fourth-order valence-corrected chi connectivity index (χ4v) is 1.61. The highest BCUT2D eigenvalue weighted by Crippen LogP contribution is 2.25. The van der Waals surface area contributed by atoms with Crippen molar-refractivity contribution in [3.63, 3.8) is 0 Å². The molecular formula is C13H20N2O3. The van der Waals surface area contributed by atoms with Crippen molar-refractivity contribution in [3.05, 3.63) is 23.8 Å². The van der Waals surface area contributed by atoms with E-state index in [1.807, 2.05) is 6.92 Å². The Morgan fingerprint density at radius 1 is 1.56 bits per heavy atom. The van der Waals surface area contributed by atoms with Gasteiger partial charge in [0.1, 0.15) is 0 Å². The van der Waals surface area contributed by atoms with Gasteiger partial charge in [-0.2, -0.15) is 0 Å². The summed E-state index contributed by atoms with van der Waals surface area (Å²) in [4.78, 5) is 11.9. The largest absolute Gasteiger partial charge is 0.494 e. The number of hydrogen-bond acceptors (Lipinski definition) is 4. The monoisotopic (exact) mass is 252 g/mol. The fraction of sp³-hybridized carbons (Fsp3) is 0.462. The average molecular weight is 252 g/mol. The van der Waals surface area contributed by atoms with Gasteiger partial charge < -0.3 is 20.9 Å². The Hall–Kier alpha value is -1.75. The third kappa shape index (κ3) is 3.63. The van der Waals surface area contributed by atoms with Crippen LogP contribution >= 0.6 is 0 Å². The Bertz CT molecular complexity index is 407. The van der Waals surface area contributed by atoms with E-state index < -0.39 is 0 Å². The summed E-state index contributed by atoms with van der Waals surface area (Å²) in [6.07, 6.45) is 0.831. The molecule has 0 bridgehead atoms. The Labute approximate surface area is 107 Å². The van der Waals surface area contributed by atoms with Crippen molar-refractivity contribution < 1.29 is 14.6 Å². The van der Waals surface area contributed by atoms with Crippen molar-refractivity contribution in [2.75, 3.05) is 19.4 Å². The van der Waals surface area contributed by atoms with Crippen molar-refractivity contribution in [1.29, 1.82) is 0 Å². The number of nitrogen functional groups attached to an aromatic ring is 1. The lowest BCUT2D eigenvalue weighted by Gasteiger charge is -2.12. The lowest BCUT2D eigenvalue weighted by molar-refractivity contribution is 0.0939. The zero-order chi connectivity index (χ0) is 13.5. The molecule has 18 heavy (non-hydrogen) atoms. The molecule has 0 aliphatic carbocycles. The van der Waals surface area contributed by atoms with E-state index in [2.05, 4.69) is 5.32 Å². The van der Waals surface area contributed by atoms with Crippen LogP contribution in [0.1, 0.15) is 30.1 Å². The number of carbonyl (C=O) groups is 1. The number of nitrogens with two attached hydrogens (primary N) is 1. The highest BCUT2D eigenvalue weighted by atomic mass is 16.5. The summed E-state index contributed by atoms with van der Waals surface area (Å²) < 4.78 is 5.11. The molecule has 1 atom stereocenters. The van der Waals surface area contributed by atoms with Crippen LogP contribution in [-0.4, -0.2) is 30.8 Å². The van der Waals surface area contributed by atoms with Crippen molar-refractivity contribution in [2.45, 2.75) is 25.9 Å². The number of carbonyl (C=O) groups excluding carboxylic acids is 1. The molecule has 0 fully saturated rings. The van der Waals surface area contributed by atoms with Crippen molar-refractivity contribution >= 4 is 11.6 Å². The summed E-state index contributed by atoms with van der Waals surface area (Å²) in [5, 5.41) is 12.1. The van der Waals surface area contributed by atoms with Gasteiger partial charge in [0, 0.05) is 6.54 Å². The second-order valence-electron chi connectivity index (χ2n) is 4.03. The molecule has 0 spiro atoms. The Morgan fingerprint density at radius 2 is 2.28 bits per heavy atom. The maximum Gasteiger partial charge on any atom is 0.255 e. The van der Waals surface area contributed by atoms with E-state index >= 15 is 0 Å². The first-order chi connectivity index (χ1) is 8.60. The molecule has 5 nitrogen and oxygen atoms in total. The fourth-order valence-electron chi connectivity index (χ4n) is 1.61. The van der Waals surface area contributed by atoms with Gasteiger partial charge in [0.05, 0.1) is 24.5 Å². The van der Waals surface area contributed by atoms with Gasteiger partial charge in [-0.1, -0.05) is 13.0 Å². The number of amides is 1. The molecule has 1 rings (SSSR count). The molecule has 0 aromatic heterocycles. The van der Waals surface area contributed by atoms with Crippen LogP contribution in [0, 0.1) is 0 Å². The molecule has 0 radical (unpaired) electrons. The number of ether oxygens (including phenoxy) is 1. The minimum atomic E-state index is -0.381. The SMILES string of the molecule is CCC(O)CCNC(=O)c1cccc(N)c1OC. The first-order valence-electron chi connectivity index (χ1n) is 5.98. The summed E-state index contributed by atoms with van der Waals surface area (Å²) >= 11 is 0. The van der Waals surface area contributed by atoms with Crippen LogP contribution in [0.3, 0.4) is 0 Å². The van der Waals surface area contributed by atoms with E-state index in [4.69, 9.17) is 10.5 Å². The van der Waals surface area contributed by atoms with Crippen molar-refractivity contribution in [1.82, 2.24) is 5.32 Å². The van der Waals surface area contributed by atoms with Gasteiger partial charge in [0.2, 0.25) is 0 Å². The summed E-state index contributed by atoms with van der Waals surface area (Å²) in [5.74, 6) is 0.133. The summed E-state index contributed by atoms with van der Waals surface area (Å²) in [7, 11) is 1.48. The number of aliphatic hydroxyl groups excluding tert-OH is 1. The lowest BCUT2D eigenvalue weighted by atomic mass is 10.1. The molecule has 1 amide bonds. The first kappa shape index (κ1) is 14.3. The van der Waals surface area contributed by atoms with E-state index in [9.17, 15) is 9.90 Å². The van der Waals surface area contributed by atoms with Crippen LogP contribution in [0.2, 0.25) is 0 Å². The highest BCUT2D eigenvalue weighted by molar-refractivity contribution is 5.98. The number of benzene rings is 1. The van der Waals surface area contributed by atoms with Gasteiger partial charge in [0.25, 0.3) is 5.91 Å². The summed E-state index contributed by atoms with van der Waals surface area (Å²) in [6.45, 7) is 2.32. The van der Waals surface area contributed by atoms with Gasteiger partial charge >= 0.3 is 0 Å². The van der Waals surface area contributed by atoms with E-state index in [0.29, 0.717) is 36.4 Å². The Kier molecular flexibility index (Phi) is 5.45. The Balaban J connectivity index is 2.64. The number of methoxy groups -OCH3 is 1. The normalized spacial score (nSPS) is 11.9. The number of aliphatic hydroxyl groups is 1. The molecule has 0 aliphatic rings. The van der Waals surface area contributed by atoms with Crippen LogP contribution in [0.25, 0.3) is 0 Å². The molecule has 1 unspecified atom stereocenters. The number of para-hydroxylation sites is 1. The number of rotatable bonds is 6. The molecule has 1 aromatic carbocycles. The van der Waals surface area contributed by atoms with Crippen LogP contribution < -0.4 is 15.8 Å². The molecule has 100 valence electrons. The zero-order valence-corrected chi connectivity index (χ0v) is 10.8. The molecule has 0 saturated heterocycles. The van der Waals surface area contributed by atoms with E-state index in [1.54, 1.807) is 18.2 Å². The van der Waals surface area contributed by atoms with Crippen molar-refractivity contribution in [2.24, 2.45) is 0 Å². The lowest BCUT2D eigenvalue weighted by Crippen LogP contribution is -2.27. The van der Waals surface area contributed by atoms with Gasteiger partial charge in [-0.05, 0) is 25.0 Å². The van der Waals surface area contributed by atoms with Gasteiger partial charge in [-0.25, -0.2) is 0 Å². The maximum absolute atomic E-state index is 11.9. The number of hydrogen-bond donors (Lipinski definition) is 3. The van der Waals surface area contributed by atoms with Crippen LogP contribution in [0.4, 0.5) is 5.69 Å². The minimum absolute atomic E-state index is 0.248. The zero-order valence-electron chi connectivity index (χ0n) is 10.8. The topological polar surface area (TPSA) is 84.6 Å². The van der Waals surface area contributed by atoms with Crippen LogP contribution in [0.5, 0.6) is 5.75 Å². The number of nitrogens with one attached hydrogen (secondary N) is 1. The summed E-state index contributed by atoms with van der Waals surface area (Å²) in [5.41, 5.74) is 6.56. The van der Waals surface area contributed by atoms with Gasteiger partial charge in [0.15, 0.2) is 5.75 Å². The Morgan fingerprint density at radius 3 is 2.89 bits per heavy atom. The minimum Gasteiger partial charge on any atom is -0.494 e. The number of anilines is 1. The van der Waals surface area contributed by atoms with Gasteiger partial charge in [-0.15, -0.1) is 0 Å². The third-order valence-electron chi connectivity index (χ3n) is 2.73. The molecular weight excluding hydrogens is 232 g/mol. The standard InChI is InChI=1S/C13H20N2O3/c1-3-9(16)7-8-15-13(17)10-5-4-6-11(14)12(10)18-2/h4-6,9,16H,3,7-8,14H2,1-2H3,(H,15,17). The molecule has 0 aliphatic heterocycles. The quantitative estimate of drug-likeness (QED) is 0.663. The predicted octanol–water partition coefficient (Wildman–Crippen LogP) is 1.17. The van der Waals surface area contributed by atoms with Crippen LogP contribution in [0.15, 0.2) is 18.2 Å². The maximum atomic E-state index is 11.9. The molecule has 0 saturated carbocycles. The predicted molar refractivity (Wildman–Crippen MR) is 70.7 cm³/mol. The summed E-state index contributed by atoms with van der Waals surface area (Å²) in [6, 6.07) is 5.03. The second kappa shape index (κ2) is 6.86. The molecule has 1 aromatic rings. The average Bonchev–Trinajstić information content (AvgIpc) is 2.37. The van der Waals surface area contributed by atoms with Crippen molar-refractivity contribution in [3.8, 4) is 5.75 Å². The third-order valence-corrected chi connectivity index (χ3v) is 2.73. The smallest absolute Gasteiger partial charge is 0.255 e. The van der Waals surface area contributed by atoms with Gasteiger partial charge in [-0.3, -0.25) is 4.79 Å². The highest BCUT2D eigenvalue weighted by Gasteiger charge is 2.14. The first-order valence-corrected chi connectivity index (χ1v) is 5.98. The van der Waals surface area contributed by atoms with E-state index in [0.717, 1.165) is 0 Å². The second-order valence-corrected chi connectivity index (χ2v) is 4.03. The molecule has 4 N–H and O–H groups in total. The van der Waals surface area contributed by atoms with E-state index in [-0.39, 0.29) is 12.0 Å².